The summed E-state index contributed by atoms with van der Waals surface area (Å²) in [7, 11) is 0. The average Bonchev–Trinajstić information content (AvgIpc) is 2.88. The summed E-state index contributed by atoms with van der Waals surface area (Å²) in [4.78, 5) is 21.4. The average molecular weight is 483 g/mol. The molecule has 1 aromatic carbocycles. The van der Waals surface area contributed by atoms with Crippen molar-refractivity contribution in [3.8, 4) is 11.4 Å². The van der Waals surface area contributed by atoms with Crippen molar-refractivity contribution in [2.75, 3.05) is 0 Å². The molecule has 1 heterocycles. The van der Waals surface area contributed by atoms with Gasteiger partial charge in [0, 0.05) is 18.0 Å². The number of nitrogens with zero attached hydrogens (tertiary/aromatic N) is 2. The topological polar surface area (TPSA) is 52.1 Å². The second-order valence-corrected chi connectivity index (χ2v) is 10.2. The Morgan fingerprint density at radius 3 is 2.23 bits per heavy atom. The SMILES string of the molecule is CCCCCCCCC[C@H]1CC[C@H](OC(=O)c2ccc(-c3ncc(CCCC)cn3)cc2F)CC1. The molecule has 192 valence electrons. The van der Waals surface area contributed by atoms with E-state index in [1.54, 1.807) is 18.5 Å². The van der Waals surface area contributed by atoms with Crippen LogP contribution in [0, 0.1) is 11.7 Å². The smallest absolute Gasteiger partial charge is 0.341 e. The van der Waals surface area contributed by atoms with Crippen LogP contribution in [0.25, 0.3) is 11.4 Å². The highest BCUT2D eigenvalue weighted by Crippen LogP contribution is 2.31. The van der Waals surface area contributed by atoms with E-state index in [1.807, 2.05) is 0 Å². The van der Waals surface area contributed by atoms with Gasteiger partial charge in [0.2, 0.25) is 0 Å². The third-order valence-corrected chi connectivity index (χ3v) is 7.25. The van der Waals surface area contributed by atoms with Crippen LogP contribution in [0.15, 0.2) is 30.6 Å². The Balaban J connectivity index is 1.42. The summed E-state index contributed by atoms with van der Waals surface area (Å²) in [5.41, 5.74) is 1.62. The normalized spacial score (nSPS) is 17.9. The third kappa shape index (κ3) is 9.01. The van der Waals surface area contributed by atoms with Crippen LogP contribution in [-0.4, -0.2) is 22.0 Å². The van der Waals surface area contributed by atoms with Crippen LogP contribution in [0.4, 0.5) is 4.39 Å². The van der Waals surface area contributed by atoms with Gasteiger partial charge in [-0.05, 0) is 62.1 Å². The number of aryl methyl sites for hydroxylation is 1. The van der Waals surface area contributed by atoms with Crippen molar-refractivity contribution >= 4 is 5.97 Å². The van der Waals surface area contributed by atoms with E-state index in [2.05, 4.69) is 23.8 Å². The van der Waals surface area contributed by atoms with Gasteiger partial charge >= 0.3 is 5.97 Å². The Morgan fingerprint density at radius 2 is 1.57 bits per heavy atom. The minimum Gasteiger partial charge on any atom is -0.459 e. The molecular formula is C30H43FN2O2. The molecule has 5 heteroatoms. The second kappa shape index (κ2) is 15.0. The lowest BCUT2D eigenvalue weighted by molar-refractivity contribution is 0.0156. The molecule has 1 saturated carbocycles. The first-order valence-electron chi connectivity index (χ1n) is 13.9. The molecule has 0 radical (unpaired) electrons. The summed E-state index contributed by atoms with van der Waals surface area (Å²) in [5, 5.41) is 0. The highest BCUT2D eigenvalue weighted by molar-refractivity contribution is 5.90. The molecule has 1 aliphatic carbocycles. The summed E-state index contributed by atoms with van der Waals surface area (Å²) in [6, 6.07) is 4.52. The van der Waals surface area contributed by atoms with Crippen LogP contribution in [0.1, 0.15) is 120 Å². The summed E-state index contributed by atoms with van der Waals surface area (Å²) >= 11 is 0. The zero-order valence-corrected chi connectivity index (χ0v) is 21.7. The molecule has 2 aromatic rings. The van der Waals surface area contributed by atoms with Gasteiger partial charge in [-0.15, -0.1) is 0 Å². The second-order valence-electron chi connectivity index (χ2n) is 10.2. The number of carbonyl (C=O) groups is 1. The monoisotopic (exact) mass is 482 g/mol. The van der Waals surface area contributed by atoms with Crippen LogP contribution in [-0.2, 0) is 11.2 Å². The first-order chi connectivity index (χ1) is 17.1. The van der Waals surface area contributed by atoms with Crippen molar-refractivity contribution in [2.45, 2.75) is 116 Å². The van der Waals surface area contributed by atoms with Gasteiger partial charge in [0.15, 0.2) is 5.82 Å². The maximum atomic E-state index is 14.8. The number of ether oxygens (including phenoxy) is 1. The Morgan fingerprint density at radius 1 is 0.914 bits per heavy atom. The van der Waals surface area contributed by atoms with E-state index in [0.717, 1.165) is 56.4 Å². The number of hydrogen-bond donors (Lipinski definition) is 0. The summed E-state index contributed by atoms with van der Waals surface area (Å²) < 4.78 is 20.4. The molecule has 0 spiro atoms. The van der Waals surface area contributed by atoms with E-state index < -0.39 is 11.8 Å². The number of carbonyl (C=O) groups excluding carboxylic acids is 1. The first kappa shape index (κ1) is 27.3. The minimum absolute atomic E-state index is 0.0153. The molecular weight excluding hydrogens is 439 g/mol. The number of hydrogen-bond acceptors (Lipinski definition) is 4. The van der Waals surface area contributed by atoms with E-state index in [9.17, 15) is 9.18 Å². The molecule has 1 fully saturated rings. The highest BCUT2D eigenvalue weighted by Gasteiger charge is 2.25. The lowest BCUT2D eigenvalue weighted by atomic mass is 9.84. The van der Waals surface area contributed by atoms with E-state index in [0.29, 0.717) is 11.4 Å². The molecule has 3 rings (SSSR count). The molecule has 0 saturated heterocycles. The summed E-state index contributed by atoms with van der Waals surface area (Å²) in [5.74, 6) is 0.0486. The van der Waals surface area contributed by atoms with Crippen molar-refractivity contribution in [3.05, 3.63) is 47.5 Å². The molecule has 0 unspecified atom stereocenters. The maximum Gasteiger partial charge on any atom is 0.341 e. The Bertz CT molecular complexity index is 892. The molecule has 35 heavy (non-hydrogen) atoms. The zero-order chi connectivity index (χ0) is 24.9. The number of benzene rings is 1. The fourth-order valence-electron chi connectivity index (χ4n) is 4.98. The van der Waals surface area contributed by atoms with Gasteiger partial charge in [0.05, 0.1) is 5.56 Å². The number of aromatic nitrogens is 2. The van der Waals surface area contributed by atoms with Gasteiger partial charge in [-0.25, -0.2) is 19.2 Å². The Kier molecular flexibility index (Phi) is 11.7. The number of rotatable bonds is 14. The number of halogens is 1. The van der Waals surface area contributed by atoms with Gasteiger partial charge in [0.1, 0.15) is 11.9 Å². The van der Waals surface area contributed by atoms with Crippen molar-refractivity contribution in [1.82, 2.24) is 9.97 Å². The molecule has 1 aromatic heterocycles. The third-order valence-electron chi connectivity index (χ3n) is 7.25. The number of unbranched alkanes of at least 4 members (excludes halogenated alkanes) is 7. The predicted molar refractivity (Wildman–Crippen MR) is 140 cm³/mol. The van der Waals surface area contributed by atoms with Crippen LogP contribution < -0.4 is 0 Å². The minimum atomic E-state index is -0.584. The molecule has 0 aliphatic heterocycles. The summed E-state index contributed by atoms with van der Waals surface area (Å²) in [6.45, 7) is 4.40. The van der Waals surface area contributed by atoms with E-state index in [1.165, 1.54) is 63.5 Å². The van der Waals surface area contributed by atoms with Crippen molar-refractivity contribution in [1.29, 1.82) is 0 Å². The molecule has 0 N–H and O–H groups in total. The van der Waals surface area contributed by atoms with Crippen LogP contribution in [0.2, 0.25) is 0 Å². The largest absolute Gasteiger partial charge is 0.459 e. The molecule has 4 nitrogen and oxygen atoms in total. The highest BCUT2D eigenvalue weighted by atomic mass is 19.1. The van der Waals surface area contributed by atoms with Gasteiger partial charge in [0.25, 0.3) is 0 Å². The fourth-order valence-corrected chi connectivity index (χ4v) is 4.98. The summed E-state index contributed by atoms with van der Waals surface area (Å²) in [6.07, 6.45) is 21.3. The fraction of sp³-hybridized carbons (Fsp3) is 0.633. The van der Waals surface area contributed by atoms with E-state index in [-0.39, 0.29) is 11.7 Å². The van der Waals surface area contributed by atoms with Gasteiger partial charge in [-0.3, -0.25) is 0 Å². The lowest BCUT2D eigenvalue weighted by Crippen LogP contribution is -2.25. The van der Waals surface area contributed by atoms with Crippen molar-refractivity contribution in [2.24, 2.45) is 5.92 Å². The standard InChI is InChI=1S/C30H43FN2O2/c1-3-5-7-8-9-10-11-13-23-14-17-26(18-15-23)35-30(34)27-19-16-25(20-28(27)31)29-32-21-24(22-33-29)12-6-4-2/h16,19-23,26H,3-15,17-18H2,1-2H3/t23-,26-. The molecule has 0 bridgehead atoms. The van der Waals surface area contributed by atoms with E-state index >= 15 is 0 Å². The van der Waals surface area contributed by atoms with E-state index in [4.69, 9.17) is 4.74 Å². The van der Waals surface area contributed by atoms with Gasteiger partial charge in [-0.1, -0.05) is 77.7 Å². The molecule has 0 amide bonds. The van der Waals surface area contributed by atoms with Crippen LogP contribution in [0.5, 0.6) is 0 Å². The maximum absolute atomic E-state index is 14.8. The Hall–Kier alpha value is -2.30. The van der Waals surface area contributed by atoms with Crippen molar-refractivity contribution in [3.63, 3.8) is 0 Å². The zero-order valence-electron chi connectivity index (χ0n) is 21.7. The predicted octanol–water partition coefficient (Wildman–Crippen LogP) is 8.48. The van der Waals surface area contributed by atoms with Gasteiger partial charge in [-0.2, -0.15) is 0 Å². The number of esters is 1. The molecule has 0 atom stereocenters. The van der Waals surface area contributed by atoms with Crippen LogP contribution in [0.3, 0.4) is 0 Å². The first-order valence-corrected chi connectivity index (χ1v) is 13.9. The Labute approximate surface area is 211 Å². The van der Waals surface area contributed by atoms with Crippen LogP contribution >= 0.6 is 0 Å². The van der Waals surface area contributed by atoms with Crippen molar-refractivity contribution < 1.29 is 13.9 Å². The molecule has 1 aliphatic rings. The lowest BCUT2D eigenvalue weighted by Gasteiger charge is -2.28. The van der Waals surface area contributed by atoms with Gasteiger partial charge < -0.3 is 4.74 Å². The quantitative estimate of drug-likeness (QED) is 0.200.